The topological polar surface area (TPSA) is 48.0 Å². The molecule has 0 amide bonds. The number of hydrogen-bond acceptors (Lipinski definition) is 5. The van der Waals surface area contributed by atoms with Gasteiger partial charge in [0.05, 0.1) is 6.61 Å². The van der Waals surface area contributed by atoms with Gasteiger partial charge in [-0.2, -0.15) is 0 Å². The van der Waals surface area contributed by atoms with Crippen molar-refractivity contribution in [2.75, 3.05) is 32.4 Å². The molecule has 0 radical (unpaired) electrons. The summed E-state index contributed by atoms with van der Waals surface area (Å²) in [6, 6.07) is 10.2. The van der Waals surface area contributed by atoms with Gasteiger partial charge >= 0.3 is 0 Å². The van der Waals surface area contributed by atoms with E-state index in [0.29, 0.717) is 19.4 Å². The molecule has 1 aliphatic carbocycles. The molecular formula is C21H23NO4. The fourth-order valence-corrected chi connectivity index (χ4v) is 3.75. The van der Waals surface area contributed by atoms with Crippen molar-refractivity contribution < 1.29 is 19.0 Å². The van der Waals surface area contributed by atoms with Crippen LogP contribution in [0.2, 0.25) is 0 Å². The first-order valence-corrected chi connectivity index (χ1v) is 8.95. The molecule has 0 spiro atoms. The third-order valence-electron chi connectivity index (χ3n) is 5.02. The number of rotatable bonds is 4. The highest BCUT2D eigenvalue weighted by Gasteiger charge is 2.31. The van der Waals surface area contributed by atoms with Crippen LogP contribution in [0.15, 0.2) is 30.3 Å². The molecule has 0 saturated carbocycles. The lowest BCUT2D eigenvalue weighted by Crippen LogP contribution is -2.20. The maximum atomic E-state index is 12.4. The Morgan fingerprint density at radius 2 is 1.88 bits per heavy atom. The van der Waals surface area contributed by atoms with Crippen LogP contribution in [0.25, 0.3) is 0 Å². The van der Waals surface area contributed by atoms with Gasteiger partial charge in [-0.15, -0.1) is 0 Å². The van der Waals surface area contributed by atoms with Gasteiger partial charge in [-0.05, 0) is 36.2 Å². The van der Waals surface area contributed by atoms with E-state index in [4.69, 9.17) is 14.2 Å². The molecule has 0 N–H and O–H groups in total. The van der Waals surface area contributed by atoms with Gasteiger partial charge in [0.2, 0.25) is 6.79 Å². The normalized spacial score (nSPS) is 17.8. The number of anilines is 1. The number of carbonyl (C=O) groups excluding carboxylic acids is 1. The Morgan fingerprint density at radius 1 is 1.12 bits per heavy atom. The van der Waals surface area contributed by atoms with Gasteiger partial charge in [-0.25, -0.2) is 0 Å². The van der Waals surface area contributed by atoms with E-state index < -0.39 is 0 Å². The van der Waals surface area contributed by atoms with Crippen LogP contribution in [0.1, 0.15) is 36.0 Å². The van der Waals surface area contributed by atoms with Crippen molar-refractivity contribution in [1.29, 1.82) is 0 Å². The summed E-state index contributed by atoms with van der Waals surface area (Å²) in [5.41, 5.74) is 4.28. The Hall–Kier alpha value is -2.69. The highest BCUT2D eigenvalue weighted by atomic mass is 16.7. The minimum absolute atomic E-state index is 0.0292. The lowest BCUT2D eigenvalue weighted by Gasteiger charge is -2.28. The molecule has 0 aromatic heterocycles. The van der Waals surface area contributed by atoms with E-state index in [1.807, 2.05) is 44.1 Å². The zero-order chi connectivity index (χ0) is 18.3. The molecule has 0 bridgehead atoms. The summed E-state index contributed by atoms with van der Waals surface area (Å²) in [5, 5.41) is 0. The Kier molecular flexibility index (Phi) is 4.23. The van der Waals surface area contributed by atoms with E-state index >= 15 is 0 Å². The Labute approximate surface area is 153 Å². The van der Waals surface area contributed by atoms with Crippen LogP contribution in [0, 0.1) is 0 Å². The molecule has 2 aliphatic rings. The second-order valence-electron chi connectivity index (χ2n) is 6.93. The summed E-state index contributed by atoms with van der Waals surface area (Å²) < 4.78 is 17.0. The molecule has 5 heteroatoms. The summed E-state index contributed by atoms with van der Waals surface area (Å²) >= 11 is 0. The summed E-state index contributed by atoms with van der Waals surface area (Å²) in [6.07, 6.45) is 0.927. The summed E-state index contributed by atoms with van der Waals surface area (Å²) in [6.45, 7) is 2.79. The maximum absolute atomic E-state index is 12.4. The standard InChI is InChI=1S/C21H23NO4/c1-4-24-19-9-14(22(2)3)5-6-16(19)18-10-15(23)7-13-8-20-21(11-17(13)18)26-12-25-20/h5-6,8-9,11,18H,4,7,10,12H2,1-3H3/t18-/m1/s1. The zero-order valence-corrected chi connectivity index (χ0v) is 15.4. The average Bonchev–Trinajstić information content (AvgIpc) is 3.06. The molecule has 0 unspecified atom stereocenters. The van der Waals surface area contributed by atoms with E-state index in [-0.39, 0.29) is 18.5 Å². The van der Waals surface area contributed by atoms with Gasteiger partial charge in [-0.1, -0.05) is 6.07 Å². The quantitative estimate of drug-likeness (QED) is 0.842. The number of ketones is 1. The minimum atomic E-state index is -0.0292. The number of Topliss-reactive ketones (excluding diaryl/α,β-unsaturated/α-hetero) is 1. The fraction of sp³-hybridized carbons (Fsp3) is 0.381. The van der Waals surface area contributed by atoms with E-state index in [0.717, 1.165) is 39.6 Å². The van der Waals surface area contributed by atoms with Crippen molar-refractivity contribution in [3.63, 3.8) is 0 Å². The first-order valence-electron chi connectivity index (χ1n) is 8.95. The zero-order valence-electron chi connectivity index (χ0n) is 15.4. The first kappa shape index (κ1) is 16.8. The second kappa shape index (κ2) is 6.56. The van der Waals surface area contributed by atoms with E-state index in [9.17, 15) is 4.79 Å². The lowest BCUT2D eigenvalue weighted by atomic mass is 9.77. The molecule has 1 heterocycles. The van der Waals surface area contributed by atoms with Crippen LogP contribution in [0.3, 0.4) is 0 Å². The molecule has 136 valence electrons. The van der Waals surface area contributed by atoms with Crippen molar-refractivity contribution in [1.82, 2.24) is 0 Å². The summed E-state index contributed by atoms with van der Waals surface area (Å²) in [5.74, 6) is 2.53. The summed E-state index contributed by atoms with van der Waals surface area (Å²) in [4.78, 5) is 14.5. The highest BCUT2D eigenvalue weighted by molar-refractivity contribution is 5.85. The van der Waals surface area contributed by atoms with Crippen molar-refractivity contribution in [2.45, 2.75) is 25.7 Å². The Bertz CT molecular complexity index is 859. The van der Waals surface area contributed by atoms with Crippen molar-refractivity contribution >= 4 is 11.5 Å². The highest BCUT2D eigenvalue weighted by Crippen LogP contribution is 2.45. The van der Waals surface area contributed by atoms with Crippen LogP contribution >= 0.6 is 0 Å². The van der Waals surface area contributed by atoms with Crippen molar-refractivity contribution in [2.24, 2.45) is 0 Å². The van der Waals surface area contributed by atoms with Crippen molar-refractivity contribution in [3.8, 4) is 17.2 Å². The molecular weight excluding hydrogens is 330 g/mol. The fourth-order valence-electron chi connectivity index (χ4n) is 3.75. The SMILES string of the molecule is CCOc1cc(N(C)C)ccc1[C@H]1CC(=O)Cc2cc3c(cc21)OCO3. The minimum Gasteiger partial charge on any atom is -0.493 e. The molecule has 1 aliphatic heterocycles. The third kappa shape index (κ3) is 2.87. The van der Waals surface area contributed by atoms with Gasteiger partial charge in [0.15, 0.2) is 11.5 Å². The van der Waals surface area contributed by atoms with Gasteiger partial charge < -0.3 is 19.1 Å². The van der Waals surface area contributed by atoms with Crippen LogP contribution in [0.4, 0.5) is 5.69 Å². The molecule has 0 fully saturated rings. The Morgan fingerprint density at radius 3 is 2.62 bits per heavy atom. The monoisotopic (exact) mass is 353 g/mol. The molecule has 5 nitrogen and oxygen atoms in total. The van der Waals surface area contributed by atoms with E-state index in [2.05, 4.69) is 12.1 Å². The van der Waals surface area contributed by atoms with Crippen LogP contribution in [-0.4, -0.2) is 33.3 Å². The number of hydrogen-bond donors (Lipinski definition) is 0. The van der Waals surface area contributed by atoms with E-state index in [1.54, 1.807) is 0 Å². The Balaban J connectivity index is 1.82. The molecule has 4 rings (SSSR count). The molecule has 1 atom stereocenters. The number of benzene rings is 2. The smallest absolute Gasteiger partial charge is 0.231 e. The van der Waals surface area contributed by atoms with Crippen LogP contribution in [-0.2, 0) is 11.2 Å². The predicted octanol–water partition coefficient (Wildman–Crippen LogP) is 3.53. The molecule has 2 aromatic carbocycles. The van der Waals surface area contributed by atoms with Crippen molar-refractivity contribution in [3.05, 3.63) is 47.0 Å². The number of carbonyl (C=O) groups is 1. The van der Waals surface area contributed by atoms with Crippen LogP contribution in [0.5, 0.6) is 17.2 Å². The van der Waals surface area contributed by atoms with E-state index in [1.165, 1.54) is 0 Å². The number of ether oxygens (including phenoxy) is 3. The van der Waals surface area contributed by atoms with Crippen LogP contribution < -0.4 is 19.1 Å². The third-order valence-corrected chi connectivity index (χ3v) is 5.02. The largest absolute Gasteiger partial charge is 0.493 e. The predicted molar refractivity (Wildman–Crippen MR) is 99.7 cm³/mol. The number of nitrogens with zero attached hydrogens (tertiary/aromatic N) is 1. The molecule has 26 heavy (non-hydrogen) atoms. The van der Waals surface area contributed by atoms with Gasteiger partial charge in [-0.3, -0.25) is 4.79 Å². The van der Waals surface area contributed by atoms with Gasteiger partial charge in [0.25, 0.3) is 0 Å². The molecule has 2 aromatic rings. The second-order valence-corrected chi connectivity index (χ2v) is 6.93. The maximum Gasteiger partial charge on any atom is 0.231 e. The first-order chi connectivity index (χ1) is 12.6. The van der Waals surface area contributed by atoms with Gasteiger partial charge in [0, 0.05) is 50.2 Å². The summed E-state index contributed by atoms with van der Waals surface area (Å²) in [7, 11) is 4.01. The average molecular weight is 353 g/mol. The van der Waals surface area contributed by atoms with Gasteiger partial charge in [0.1, 0.15) is 11.5 Å². The lowest BCUT2D eigenvalue weighted by molar-refractivity contribution is -0.119. The number of fused-ring (bicyclic) bond motifs is 2. The molecule has 0 saturated heterocycles.